The Hall–Kier alpha value is -2.21. The number of fused-ring (bicyclic) bond motifs is 1. The van der Waals surface area contributed by atoms with Crippen molar-refractivity contribution in [2.45, 2.75) is 24.9 Å². The van der Waals surface area contributed by atoms with Gasteiger partial charge in [-0.1, -0.05) is 0 Å². The molecule has 8 nitrogen and oxygen atoms in total. The molecule has 0 radical (unpaired) electrons. The Morgan fingerprint density at radius 1 is 1.65 bits per heavy atom. The fourth-order valence-corrected chi connectivity index (χ4v) is 2.45. The van der Waals surface area contributed by atoms with Gasteiger partial charge in [-0.25, -0.2) is 4.98 Å². The zero-order chi connectivity index (χ0) is 14.3. The molecule has 1 fully saturated rings. The van der Waals surface area contributed by atoms with Gasteiger partial charge in [0.15, 0.2) is 5.65 Å². The Bertz CT molecular complexity index is 744. The zero-order valence-electron chi connectivity index (χ0n) is 10.4. The van der Waals surface area contributed by atoms with Gasteiger partial charge >= 0.3 is 0 Å². The second-order valence-electron chi connectivity index (χ2n) is 4.61. The molecule has 20 heavy (non-hydrogen) atoms. The third-order valence-corrected chi connectivity index (χ3v) is 3.43. The third-order valence-electron chi connectivity index (χ3n) is 3.43. The summed E-state index contributed by atoms with van der Waals surface area (Å²) >= 11 is 0. The lowest BCUT2D eigenvalue weighted by atomic mass is 10.2. The number of aliphatic hydroxyl groups excluding tert-OH is 2. The highest BCUT2D eigenvalue weighted by Gasteiger charge is 2.35. The molecule has 3 atom stereocenters. The molecule has 0 saturated carbocycles. The van der Waals surface area contributed by atoms with Crippen molar-refractivity contribution in [2.24, 2.45) is 0 Å². The molecule has 2 aromatic rings. The van der Waals surface area contributed by atoms with E-state index in [1.807, 2.05) is 6.07 Å². The van der Waals surface area contributed by atoms with E-state index in [0.717, 1.165) is 0 Å². The van der Waals surface area contributed by atoms with Gasteiger partial charge in [0.05, 0.1) is 24.6 Å². The Balaban J connectivity index is 2.12. The SMILES string of the molecule is N#Cc1cn([C@@H]2C[C@@H](O)[C@H](CO)O2)c2nc[nH]c(=O)c12. The van der Waals surface area contributed by atoms with Crippen molar-refractivity contribution in [2.75, 3.05) is 6.61 Å². The molecule has 1 aliphatic heterocycles. The smallest absolute Gasteiger partial charge is 0.261 e. The highest BCUT2D eigenvalue weighted by molar-refractivity contribution is 5.82. The number of aromatic nitrogens is 3. The number of ether oxygens (including phenoxy) is 1. The summed E-state index contributed by atoms with van der Waals surface area (Å²) in [6, 6.07) is 1.94. The molecule has 3 heterocycles. The first-order chi connectivity index (χ1) is 9.65. The van der Waals surface area contributed by atoms with Crippen LogP contribution in [0.5, 0.6) is 0 Å². The summed E-state index contributed by atoms with van der Waals surface area (Å²) in [6.07, 6.45) is 0.941. The molecule has 1 aliphatic rings. The molecule has 0 aliphatic carbocycles. The van der Waals surface area contributed by atoms with E-state index >= 15 is 0 Å². The first-order valence-electron chi connectivity index (χ1n) is 6.08. The van der Waals surface area contributed by atoms with E-state index in [1.165, 1.54) is 12.5 Å². The van der Waals surface area contributed by atoms with Crippen molar-refractivity contribution >= 4 is 11.0 Å². The van der Waals surface area contributed by atoms with E-state index in [4.69, 9.17) is 15.1 Å². The van der Waals surface area contributed by atoms with E-state index < -0.39 is 24.0 Å². The van der Waals surface area contributed by atoms with Crippen molar-refractivity contribution in [3.05, 3.63) is 28.4 Å². The summed E-state index contributed by atoms with van der Waals surface area (Å²) in [5.41, 5.74) is 0.114. The van der Waals surface area contributed by atoms with E-state index in [9.17, 15) is 9.90 Å². The molecule has 0 aromatic carbocycles. The molecule has 0 amide bonds. The van der Waals surface area contributed by atoms with Crippen LogP contribution in [0.15, 0.2) is 17.3 Å². The highest BCUT2D eigenvalue weighted by Crippen LogP contribution is 2.31. The van der Waals surface area contributed by atoms with Crippen molar-refractivity contribution < 1.29 is 14.9 Å². The van der Waals surface area contributed by atoms with Crippen LogP contribution in [0.2, 0.25) is 0 Å². The van der Waals surface area contributed by atoms with Crippen molar-refractivity contribution in [1.82, 2.24) is 14.5 Å². The van der Waals surface area contributed by atoms with Crippen molar-refractivity contribution in [1.29, 1.82) is 5.26 Å². The number of aliphatic hydroxyl groups is 2. The van der Waals surface area contributed by atoms with Gasteiger partial charge in [-0.2, -0.15) is 5.26 Å². The predicted octanol–water partition coefficient (Wildman–Crippen LogP) is -0.763. The standard InChI is InChI=1S/C12H12N4O4/c13-2-6-3-16(9-1-7(18)8(4-17)20-9)11-10(6)12(19)15-5-14-11/h3,5,7-9,17-18H,1,4H2,(H,14,15,19)/t7-,8+,9+/m1/s1. The zero-order valence-corrected chi connectivity index (χ0v) is 10.4. The lowest BCUT2D eigenvalue weighted by molar-refractivity contribution is -0.0430. The molecule has 8 heteroatoms. The molecule has 0 unspecified atom stereocenters. The maximum atomic E-state index is 11.8. The van der Waals surface area contributed by atoms with Crippen LogP contribution < -0.4 is 5.56 Å². The Labute approximate surface area is 112 Å². The summed E-state index contributed by atoms with van der Waals surface area (Å²) in [7, 11) is 0. The minimum absolute atomic E-state index is 0.194. The maximum Gasteiger partial charge on any atom is 0.261 e. The van der Waals surface area contributed by atoms with Crippen LogP contribution in [0, 0.1) is 11.3 Å². The van der Waals surface area contributed by atoms with E-state index in [2.05, 4.69) is 9.97 Å². The summed E-state index contributed by atoms with van der Waals surface area (Å²) < 4.78 is 7.06. The maximum absolute atomic E-state index is 11.8. The number of rotatable bonds is 2. The van der Waals surface area contributed by atoms with Gasteiger partial charge in [0.25, 0.3) is 5.56 Å². The summed E-state index contributed by atoms with van der Waals surface area (Å²) in [6.45, 7) is -0.296. The van der Waals surface area contributed by atoms with Gasteiger partial charge in [0.2, 0.25) is 0 Å². The highest BCUT2D eigenvalue weighted by atomic mass is 16.5. The second kappa shape index (κ2) is 4.72. The molecule has 0 bridgehead atoms. The Morgan fingerprint density at radius 2 is 2.45 bits per heavy atom. The van der Waals surface area contributed by atoms with Crippen molar-refractivity contribution in [3.63, 3.8) is 0 Å². The quantitative estimate of drug-likeness (QED) is 0.662. The first kappa shape index (κ1) is 12.8. The average Bonchev–Trinajstić information content (AvgIpc) is 3.00. The number of H-pyrrole nitrogens is 1. The van der Waals surface area contributed by atoms with Gasteiger partial charge in [-0.3, -0.25) is 4.79 Å². The molecular weight excluding hydrogens is 264 g/mol. The van der Waals surface area contributed by atoms with Gasteiger partial charge in [-0.15, -0.1) is 0 Å². The van der Waals surface area contributed by atoms with Crippen LogP contribution in [-0.2, 0) is 4.74 Å². The second-order valence-corrected chi connectivity index (χ2v) is 4.61. The fraction of sp³-hybridized carbons (Fsp3) is 0.417. The van der Waals surface area contributed by atoms with Gasteiger partial charge < -0.3 is 24.5 Å². The van der Waals surface area contributed by atoms with Gasteiger partial charge in [0, 0.05) is 12.6 Å². The summed E-state index contributed by atoms with van der Waals surface area (Å²) in [4.78, 5) is 18.3. The summed E-state index contributed by atoms with van der Waals surface area (Å²) in [5.74, 6) is 0. The lowest BCUT2D eigenvalue weighted by Gasteiger charge is -2.14. The number of nitrogens with zero attached hydrogens (tertiary/aromatic N) is 3. The Kier molecular flexibility index (Phi) is 3.02. The third kappa shape index (κ3) is 1.80. The van der Waals surface area contributed by atoms with E-state index in [1.54, 1.807) is 4.57 Å². The predicted molar refractivity (Wildman–Crippen MR) is 66.7 cm³/mol. The molecular formula is C12H12N4O4. The molecule has 0 spiro atoms. The van der Waals surface area contributed by atoms with Gasteiger partial charge in [0.1, 0.15) is 23.8 Å². The van der Waals surface area contributed by atoms with Crippen LogP contribution in [0.25, 0.3) is 11.0 Å². The fourth-order valence-electron chi connectivity index (χ4n) is 2.45. The van der Waals surface area contributed by atoms with Crippen LogP contribution in [-0.4, -0.2) is 43.6 Å². The number of aromatic amines is 1. The van der Waals surface area contributed by atoms with Crippen molar-refractivity contribution in [3.8, 4) is 6.07 Å². The first-order valence-corrected chi connectivity index (χ1v) is 6.08. The van der Waals surface area contributed by atoms with E-state index in [0.29, 0.717) is 5.65 Å². The van der Waals surface area contributed by atoms with Crippen LogP contribution >= 0.6 is 0 Å². The number of hydrogen-bond donors (Lipinski definition) is 3. The Morgan fingerprint density at radius 3 is 3.10 bits per heavy atom. The molecule has 104 valence electrons. The topological polar surface area (TPSA) is 124 Å². The normalized spacial score (nSPS) is 25.9. The van der Waals surface area contributed by atoms with Crippen LogP contribution in [0.3, 0.4) is 0 Å². The molecule has 2 aromatic heterocycles. The monoisotopic (exact) mass is 276 g/mol. The molecule has 1 saturated heterocycles. The molecule has 3 rings (SSSR count). The summed E-state index contributed by atoms with van der Waals surface area (Å²) in [5, 5.41) is 28.1. The number of hydrogen-bond acceptors (Lipinski definition) is 6. The van der Waals surface area contributed by atoms with Gasteiger partial charge in [-0.05, 0) is 0 Å². The number of nitriles is 1. The largest absolute Gasteiger partial charge is 0.394 e. The molecule has 3 N–H and O–H groups in total. The lowest BCUT2D eigenvalue weighted by Crippen LogP contribution is -2.24. The van der Waals surface area contributed by atoms with Crippen LogP contribution in [0.4, 0.5) is 0 Å². The average molecular weight is 276 g/mol. The van der Waals surface area contributed by atoms with E-state index in [-0.39, 0.29) is 24.0 Å². The minimum Gasteiger partial charge on any atom is -0.394 e. The number of nitrogens with one attached hydrogen (secondary N) is 1. The minimum atomic E-state index is -0.796. The van der Waals surface area contributed by atoms with Crippen LogP contribution in [0.1, 0.15) is 18.2 Å².